The number of nitrogens with two attached hydrogens (primary N) is 1. The Bertz CT molecular complexity index is 1530. The lowest BCUT2D eigenvalue weighted by Crippen LogP contribution is -2.31. The first-order chi connectivity index (χ1) is 16.4. The van der Waals surface area contributed by atoms with E-state index in [1.165, 1.54) is 0 Å². The van der Waals surface area contributed by atoms with Crippen molar-refractivity contribution < 1.29 is 14.8 Å². The molecule has 3 aromatic heterocycles. The van der Waals surface area contributed by atoms with Crippen LogP contribution in [0.3, 0.4) is 0 Å². The van der Waals surface area contributed by atoms with E-state index >= 15 is 0 Å². The molecular formula is C25H22BN5O3. The number of amides is 1. The normalized spacial score (nSPS) is 11.1. The van der Waals surface area contributed by atoms with E-state index in [9.17, 15) is 14.8 Å². The van der Waals surface area contributed by atoms with E-state index in [1.54, 1.807) is 24.3 Å². The third-order valence-electron chi connectivity index (χ3n) is 5.82. The number of anilines is 1. The van der Waals surface area contributed by atoms with Gasteiger partial charge < -0.3 is 25.5 Å². The number of benzene rings is 2. The lowest BCUT2D eigenvalue weighted by Gasteiger charge is -2.14. The number of pyridine rings is 1. The van der Waals surface area contributed by atoms with Crippen LogP contribution in [0.15, 0.2) is 72.9 Å². The largest absolute Gasteiger partial charge is 0.490 e. The highest BCUT2D eigenvalue weighted by molar-refractivity contribution is 6.61. The molecule has 34 heavy (non-hydrogen) atoms. The Kier molecular flexibility index (Phi) is 5.49. The molecular weight excluding hydrogens is 429 g/mol. The van der Waals surface area contributed by atoms with Gasteiger partial charge in [-0.3, -0.25) is 4.79 Å². The third-order valence-corrected chi connectivity index (χ3v) is 5.82. The summed E-state index contributed by atoms with van der Waals surface area (Å²) in [6.45, 7) is 2.43. The molecule has 168 valence electrons. The van der Waals surface area contributed by atoms with Crippen LogP contribution in [-0.4, -0.2) is 37.4 Å². The highest BCUT2D eigenvalue weighted by Gasteiger charge is 2.22. The summed E-state index contributed by atoms with van der Waals surface area (Å²) in [5, 5.41) is 24.0. The number of carbonyl (C=O) groups is 1. The number of aromatic nitrogens is 3. The van der Waals surface area contributed by atoms with Gasteiger partial charge >= 0.3 is 7.12 Å². The minimum atomic E-state index is -1.69. The lowest BCUT2D eigenvalue weighted by atomic mass is 9.79. The number of hydrogen-bond acceptors (Lipinski definition) is 6. The molecule has 0 unspecified atom stereocenters. The van der Waals surface area contributed by atoms with Crippen molar-refractivity contribution in [3.63, 3.8) is 0 Å². The number of hydrogen-bond donors (Lipinski definition) is 4. The van der Waals surface area contributed by atoms with Gasteiger partial charge in [-0.05, 0) is 42.3 Å². The van der Waals surface area contributed by atoms with Gasteiger partial charge in [0.25, 0.3) is 5.91 Å². The van der Waals surface area contributed by atoms with E-state index in [4.69, 9.17) is 15.7 Å². The fourth-order valence-corrected chi connectivity index (χ4v) is 4.22. The van der Waals surface area contributed by atoms with Crippen molar-refractivity contribution in [3.05, 3.63) is 89.6 Å². The summed E-state index contributed by atoms with van der Waals surface area (Å²) in [7, 11) is -1.69. The third kappa shape index (κ3) is 3.77. The summed E-state index contributed by atoms with van der Waals surface area (Å²) >= 11 is 0. The van der Waals surface area contributed by atoms with Crippen LogP contribution >= 0.6 is 0 Å². The Labute approximate surface area is 195 Å². The second-order valence-electron chi connectivity index (χ2n) is 8.07. The van der Waals surface area contributed by atoms with Gasteiger partial charge in [0.15, 0.2) is 5.82 Å². The fraction of sp³-hybridized carbons (Fsp3) is 0.0800. The number of primary amides is 1. The Balaban J connectivity index is 1.73. The fourth-order valence-electron chi connectivity index (χ4n) is 4.22. The molecule has 5 rings (SSSR count). The molecule has 2 aromatic carbocycles. The molecule has 0 fully saturated rings. The summed E-state index contributed by atoms with van der Waals surface area (Å²) in [4.78, 5) is 21.5. The van der Waals surface area contributed by atoms with Gasteiger partial charge in [0, 0.05) is 23.6 Å². The lowest BCUT2D eigenvalue weighted by molar-refractivity contribution is 0.100. The van der Waals surface area contributed by atoms with E-state index in [0.717, 1.165) is 11.1 Å². The van der Waals surface area contributed by atoms with Crippen molar-refractivity contribution in [2.45, 2.75) is 13.5 Å². The topological polar surface area (TPSA) is 126 Å². The van der Waals surface area contributed by atoms with Crippen LogP contribution in [-0.2, 0) is 6.54 Å². The van der Waals surface area contributed by atoms with Crippen molar-refractivity contribution in [3.8, 4) is 11.5 Å². The van der Waals surface area contributed by atoms with Gasteiger partial charge in [0.2, 0.25) is 0 Å². The predicted molar refractivity (Wildman–Crippen MR) is 133 cm³/mol. The summed E-state index contributed by atoms with van der Waals surface area (Å²) < 4.78 is 1.83. The molecule has 5 N–H and O–H groups in total. The van der Waals surface area contributed by atoms with Gasteiger partial charge in [-0.15, -0.1) is 0 Å². The first kappa shape index (κ1) is 21.6. The average Bonchev–Trinajstić information content (AvgIpc) is 3.18. The zero-order chi connectivity index (χ0) is 23.8. The smallest absolute Gasteiger partial charge is 0.423 e. The number of nitrogens with one attached hydrogen (secondary N) is 1. The van der Waals surface area contributed by atoms with Gasteiger partial charge in [-0.25, -0.2) is 9.97 Å². The SMILES string of the molecule is Cc1cc2c(C(N)=O)cccn2c1-c1nc(NCc2ccccc2)c2cccc(B(O)O)c2n1. The van der Waals surface area contributed by atoms with Crippen LogP contribution in [0.5, 0.6) is 0 Å². The van der Waals surface area contributed by atoms with Crippen LogP contribution in [0, 0.1) is 6.92 Å². The molecule has 3 heterocycles. The maximum absolute atomic E-state index is 12.0. The highest BCUT2D eigenvalue weighted by Crippen LogP contribution is 2.30. The molecule has 0 bridgehead atoms. The molecule has 5 aromatic rings. The van der Waals surface area contributed by atoms with Crippen LogP contribution in [0.1, 0.15) is 21.5 Å². The zero-order valence-corrected chi connectivity index (χ0v) is 18.4. The summed E-state index contributed by atoms with van der Waals surface area (Å²) in [6, 6.07) is 20.4. The van der Waals surface area contributed by atoms with Crippen molar-refractivity contribution in [2.24, 2.45) is 5.73 Å². The average molecular weight is 451 g/mol. The number of fused-ring (bicyclic) bond motifs is 2. The number of rotatable bonds is 6. The maximum atomic E-state index is 12.0. The quantitative estimate of drug-likeness (QED) is 0.294. The zero-order valence-electron chi connectivity index (χ0n) is 18.4. The van der Waals surface area contributed by atoms with Crippen LogP contribution < -0.4 is 16.5 Å². The first-order valence-corrected chi connectivity index (χ1v) is 10.8. The summed E-state index contributed by atoms with van der Waals surface area (Å²) in [6.07, 6.45) is 1.82. The molecule has 0 aliphatic rings. The maximum Gasteiger partial charge on any atom is 0.490 e. The molecule has 0 spiro atoms. The van der Waals surface area contributed by atoms with E-state index in [-0.39, 0.29) is 5.46 Å². The van der Waals surface area contributed by atoms with Crippen molar-refractivity contribution >= 4 is 40.7 Å². The van der Waals surface area contributed by atoms with Gasteiger partial charge in [0.05, 0.1) is 22.3 Å². The molecule has 1 amide bonds. The van der Waals surface area contributed by atoms with Crippen molar-refractivity contribution in [2.75, 3.05) is 5.32 Å². The van der Waals surface area contributed by atoms with Crippen LogP contribution in [0.4, 0.5) is 5.82 Å². The molecule has 8 nitrogen and oxygen atoms in total. The molecule has 0 atom stereocenters. The molecule has 9 heteroatoms. The molecule has 0 radical (unpaired) electrons. The van der Waals surface area contributed by atoms with Crippen LogP contribution in [0.25, 0.3) is 27.9 Å². The van der Waals surface area contributed by atoms with E-state index in [1.807, 2.05) is 60.0 Å². The first-order valence-electron chi connectivity index (χ1n) is 10.8. The standard InChI is InChI=1S/C25H22BN5O3/c1-15-13-20-17(23(27)32)10-6-12-31(20)22(15)25-29-21-18(9-5-11-19(21)26(33)34)24(30-25)28-14-16-7-3-2-4-8-16/h2-13,33-34H,14H2,1H3,(H2,27,32)(H,28,29,30). The van der Waals surface area contributed by atoms with E-state index < -0.39 is 13.0 Å². The summed E-state index contributed by atoms with van der Waals surface area (Å²) in [5.74, 6) is 0.423. The second kappa shape index (κ2) is 8.62. The summed E-state index contributed by atoms with van der Waals surface area (Å²) in [5.41, 5.74) is 9.94. The molecule has 0 saturated carbocycles. The monoisotopic (exact) mass is 451 g/mol. The Morgan fingerprint density at radius 1 is 1.06 bits per heavy atom. The van der Waals surface area contributed by atoms with Crippen LogP contribution in [0.2, 0.25) is 0 Å². The van der Waals surface area contributed by atoms with Gasteiger partial charge in [-0.2, -0.15) is 0 Å². The van der Waals surface area contributed by atoms with Crippen molar-refractivity contribution in [1.29, 1.82) is 0 Å². The number of aryl methyl sites for hydroxylation is 1. The Morgan fingerprint density at radius 2 is 1.85 bits per heavy atom. The second-order valence-corrected chi connectivity index (χ2v) is 8.07. The Hall–Kier alpha value is -4.21. The predicted octanol–water partition coefficient (Wildman–Crippen LogP) is 2.25. The number of carbonyl (C=O) groups excluding carboxylic acids is 1. The number of para-hydroxylation sites is 1. The van der Waals surface area contributed by atoms with Crippen molar-refractivity contribution in [1.82, 2.24) is 14.4 Å². The molecule has 0 saturated heterocycles. The minimum absolute atomic E-state index is 0.278. The van der Waals surface area contributed by atoms with Gasteiger partial charge in [0.1, 0.15) is 5.82 Å². The molecule has 0 aliphatic heterocycles. The van der Waals surface area contributed by atoms with Gasteiger partial charge in [-0.1, -0.05) is 42.5 Å². The van der Waals surface area contributed by atoms with E-state index in [0.29, 0.717) is 45.9 Å². The molecule has 0 aliphatic carbocycles. The van der Waals surface area contributed by atoms with E-state index in [2.05, 4.69) is 5.32 Å². The minimum Gasteiger partial charge on any atom is -0.423 e. The number of nitrogens with zero attached hydrogens (tertiary/aromatic N) is 3. The Morgan fingerprint density at radius 3 is 2.59 bits per heavy atom. The highest BCUT2D eigenvalue weighted by atomic mass is 16.4.